The van der Waals surface area contributed by atoms with Crippen LogP contribution in [0.5, 0.6) is 0 Å². The molecule has 0 atom stereocenters. The molecule has 0 aliphatic rings. The maximum atomic E-state index is 12.9. The third kappa shape index (κ3) is 3.55. The van der Waals surface area contributed by atoms with Crippen LogP contribution < -0.4 is 5.32 Å². The maximum absolute atomic E-state index is 12.9. The van der Waals surface area contributed by atoms with Gasteiger partial charge in [-0.2, -0.15) is 0 Å². The first kappa shape index (κ1) is 16.9. The summed E-state index contributed by atoms with van der Waals surface area (Å²) < 4.78 is 0. The molecule has 4 nitrogen and oxygen atoms in total. The van der Waals surface area contributed by atoms with Gasteiger partial charge in [0, 0.05) is 29.9 Å². The zero-order chi connectivity index (χ0) is 18.6. The maximum Gasteiger partial charge on any atom is 0.252 e. The van der Waals surface area contributed by atoms with E-state index >= 15 is 0 Å². The van der Waals surface area contributed by atoms with Crippen molar-refractivity contribution < 1.29 is 4.79 Å². The van der Waals surface area contributed by atoms with Crippen molar-refractivity contribution in [1.29, 1.82) is 0 Å². The first-order valence-corrected chi connectivity index (χ1v) is 8.85. The molecular formula is C23H19N3O. The van der Waals surface area contributed by atoms with Crippen LogP contribution in [-0.2, 0) is 6.54 Å². The highest BCUT2D eigenvalue weighted by Gasteiger charge is 2.14. The fourth-order valence-corrected chi connectivity index (χ4v) is 3.14. The monoisotopic (exact) mass is 353 g/mol. The van der Waals surface area contributed by atoms with Crippen molar-refractivity contribution in [3.63, 3.8) is 0 Å². The molecule has 2 aromatic heterocycles. The predicted octanol–water partition coefficient (Wildman–Crippen LogP) is 4.54. The molecule has 0 aliphatic carbocycles. The average Bonchev–Trinajstić information content (AvgIpc) is 2.72. The minimum Gasteiger partial charge on any atom is -0.348 e. The van der Waals surface area contributed by atoms with E-state index in [1.54, 1.807) is 12.4 Å². The van der Waals surface area contributed by atoms with Crippen LogP contribution in [-0.4, -0.2) is 15.9 Å². The molecule has 132 valence electrons. The number of benzene rings is 2. The highest BCUT2D eigenvalue weighted by molar-refractivity contribution is 6.07. The molecule has 4 rings (SSSR count). The lowest BCUT2D eigenvalue weighted by Crippen LogP contribution is -2.23. The number of carbonyl (C=O) groups is 1. The Hall–Kier alpha value is -3.53. The van der Waals surface area contributed by atoms with Crippen LogP contribution in [0.25, 0.3) is 22.2 Å². The fourth-order valence-electron chi connectivity index (χ4n) is 3.14. The molecule has 27 heavy (non-hydrogen) atoms. The van der Waals surface area contributed by atoms with Crippen LogP contribution >= 0.6 is 0 Å². The summed E-state index contributed by atoms with van der Waals surface area (Å²) in [5, 5.41) is 3.84. The van der Waals surface area contributed by atoms with Crippen molar-refractivity contribution >= 4 is 16.8 Å². The van der Waals surface area contributed by atoms with Crippen LogP contribution in [0.3, 0.4) is 0 Å². The zero-order valence-electron chi connectivity index (χ0n) is 15.0. The van der Waals surface area contributed by atoms with Gasteiger partial charge >= 0.3 is 0 Å². The smallest absolute Gasteiger partial charge is 0.252 e. The van der Waals surface area contributed by atoms with Crippen molar-refractivity contribution in [3.8, 4) is 11.3 Å². The van der Waals surface area contributed by atoms with Gasteiger partial charge in [-0.1, -0.05) is 48.5 Å². The third-order valence-electron chi connectivity index (χ3n) is 4.56. The molecule has 0 aliphatic heterocycles. The number of amides is 1. The molecular weight excluding hydrogens is 334 g/mol. The summed E-state index contributed by atoms with van der Waals surface area (Å²) in [5.41, 5.74) is 5.36. The van der Waals surface area contributed by atoms with E-state index < -0.39 is 0 Å². The third-order valence-corrected chi connectivity index (χ3v) is 4.56. The van der Waals surface area contributed by atoms with E-state index in [2.05, 4.69) is 10.3 Å². The van der Waals surface area contributed by atoms with Crippen LogP contribution in [0.1, 0.15) is 21.5 Å². The molecule has 0 bridgehead atoms. The summed E-state index contributed by atoms with van der Waals surface area (Å²) in [6.07, 6.45) is 3.47. The van der Waals surface area contributed by atoms with Gasteiger partial charge < -0.3 is 5.32 Å². The number of rotatable bonds is 4. The summed E-state index contributed by atoms with van der Waals surface area (Å²) in [6.45, 7) is 2.48. The topological polar surface area (TPSA) is 54.9 Å². The van der Waals surface area contributed by atoms with Crippen LogP contribution in [0.15, 0.2) is 79.1 Å². The van der Waals surface area contributed by atoms with Gasteiger partial charge in [0.25, 0.3) is 5.91 Å². The molecule has 4 aromatic rings. The fraction of sp³-hybridized carbons (Fsp3) is 0.0870. The van der Waals surface area contributed by atoms with Crippen molar-refractivity contribution in [1.82, 2.24) is 15.3 Å². The molecule has 2 aromatic carbocycles. The highest BCUT2D eigenvalue weighted by atomic mass is 16.1. The molecule has 0 saturated heterocycles. The van der Waals surface area contributed by atoms with Crippen molar-refractivity contribution in [2.24, 2.45) is 0 Å². The minimum absolute atomic E-state index is 0.118. The van der Waals surface area contributed by atoms with E-state index in [1.165, 1.54) is 0 Å². The first-order valence-electron chi connectivity index (χ1n) is 8.85. The normalized spacial score (nSPS) is 10.7. The van der Waals surface area contributed by atoms with Gasteiger partial charge in [0.15, 0.2) is 0 Å². The number of pyridine rings is 2. The van der Waals surface area contributed by atoms with E-state index in [1.807, 2.05) is 73.7 Å². The number of aryl methyl sites for hydroxylation is 1. The Morgan fingerprint density at radius 3 is 2.63 bits per heavy atom. The standard InChI is InChI=1S/C23H19N3O/c1-16-7-2-3-9-18(16)22-13-20(19-10-4-5-11-21(19)26-22)23(27)25-15-17-8-6-12-24-14-17/h2-14H,15H2,1H3,(H,25,27). The van der Waals surface area contributed by atoms with Gasteiger partial charge in [-0.25, -0.2) is 4.98 Å². The van der Waals surface area contributed by atoms with Gasteiger partial charge in [-0.3, -0.25) is 9.78 Å². The van der Waals surface area contributed by atoms with Gasteiger partial charge in [-0.15, -0.1) is 0 Å². The van der Waals surface area contributed by atoms with E-state index in [0.29, 0.717) is 12.1 Å². The number of aromatic nitrogens is 2. The molecule has 0 fully saturated rings. The molecule has 1 N–H and O–H groups in total. The van der Waals surface area contributed by atoms with Crippen molar-refractivity contribution in [3.05, 3.63) is 95.8 Å². The van der Waals surface area contributed by atoms with Gasteiger partial charge in [0.2, 0.25) is 0 Å². The number of nitrogens with one attached hydrogen (secondary N) is 1. The van der Waals surface area contributed by atoms with Gasteiger partial charge in [0.05, 0.1) is 16.8 Å². The lowest BCUT2D eigenvalue weighted by atomic mass is 10.0. The Morgan fingerprint density at radius 2 is 1.81 bits per heavy atom. The molecule has 2 heterocycles. The highest BCUT2D eigenvalue weighted by Crippen LogP contribution is 2.27. The van der Waals surface area contributed by atoms with Gasteiger partial charge in [0.1, 0.15) is 0 Å². The molecule has 0 radical (unpaired) electrons. The number of nitrogens with zero attached hydrogens (tertiary/aromatic N) is 2. The second-order valence-corrected chi connectivity index (χ2v) is 6.43. The molecule has 1 amide bonds. The minimum atomic E-state index is -0.118. The van der Waals surface area contributed by atoms with E-state index in [9.17, 15) is 4.79 Å². The molecule has 4 heteroatoms. The molecule has 0 saturated carbocycles. The zero-order valence-corrected chi connectivity index (χ0v) is 15.0. The summed E-state index contributed by atoms with van der Waals surface area (Å²) in [6, 6.07) is 21.5. The van der Waals surface area contributed by atoms with Crippen molar-refractivity contribution in [2.75, 3.05) is 0 Å². The first-order chi connectivity index (χ1) is 13.2. The summed E-state index contributed by atoms with van der Waals surface area (Å²) in [5.74, 6) is -0.118. The summed E-state index contributed by atoms with van der Waals surface area (Å²) in [4.78, 5) is 21.8. The SMILES string of the molecule is Cc1ccccc1-c1cc(C(=O)NCc2cccnc2)c2ccccc2n1. The Balaban J connectivity index is 1.74. The van der Waals surface area contributed by atoms with E-state index in [0.717, 1.165) is 33.3 Å². The number of carbonyl (C=O) groups excluding carboxylic acids is 1. The number of hydrogen-bond acceptors (Lipinski definition) is 3. The predicted molar refractivity (Wildman–Crippen MR) is 107 cm³/mol. The largest absolute Gasteiger partial charge is 0.348 e. The second kappa shape index (κ2) is 7.38. The quantitative estimate of drug-likeness (QED) is 0.586. The van der Waals surface area contributed by atoms with E-state index in [4.69, 9.17) is 4.98 Å². The number of fused-ring (bicyclic) bond motifs is 1. The van der Waals surface area contributed by atoms with Crippen LogP contribution in [0.2, 0.25) is 0 Å². The van der Waals surface area contributed by atoms with Crippen molar-refractivity contribution in [2.45, 2.75) is 13.5 Å². The lowest BCUT2D eigenvalue weighted by molar-refractivity contribution is 0.0952. The lowest BCUT2D eigenvalue weighted by Gasteiger charge is -2.12. The average molecular weight is 353 g/mol. The summed E-state index contributed by atoms with van der Waals surface area (Å²) >= 11 is 0. The number of hydrogen-bond donors (Lipinski definition) is 1. The van der Waals surface area contributed by atoms with Crippen LogP contribution in [0.4, 0.5) is 0 Å². The van der Waals surface area contributed by atoms with Crippen LogP contribution in [0, 0.1) is 6.92 Å². The summed E-state index contributed by atoms with van der Waals surface area (Å²) in [7, 11) is 0. The number of para-hydroxylation sites is 1. The van der Waals surface area contributed by atoms with E-state index in [-0.39, 0.29) is 5.91 Å². The Kier molecular flexibility index (Phi) is 4.62. The second-order valence-electron chi connectivity index (χ2n) is 6.43. The Labute approximate surface area is 157 Å². The Morgan fingerprint density at radius 1 is 1.00 bits per heavy atom. The molecule has 0 spiro atoms. The molecule has 0 unspecified atom stereocenters. The van der Waals surface area contributed by atoms with Gasteiger partial charge in [-0.05, 0) is 36.2 Å². The Bertz CT molecular complexity index is 1110.